The topological polar surface area (TPSA) is 237 Å². The lowest BCUT2D eigenvalue weighted by atomic mass is 9.99. The van der Waals surface area contributed by atoms with Crippen LogP contribution in [0, 0.1) is 23.7 Å². The first-order valence-corrected chi connectivity index (χ1v) is 38.3. The van der Waals surface area contributed by atoms with Gasteiger partial charge in [0.2, 0.25) is 0 Å². The summed E-state index contributed by atoms with van der Waals surface area (Å²) in [7, 11) is -9.90. The first-order chi connectivity index (χ1) is 41.7. The zero-order chi connectivity index (χ0) is 64.7. The van der Waals surface area contributed by atoms with Crippen LogP contribution in [0.2, 0.25) is 0 Å². The van der Waals surface area contributed by atoms with E-state index in [2.05, 4.69) is 55.4 Å². The van der Waals surface area contributed by atoms with Crippen molar-refractivity contribution >= 4 is 39.5 Å². The molecular formula is C68H132O17P2. The van der Waals surface area contributed by atoms with Gasteiger partial charge in [-0.3, -0.25) is 37.3 Å². The SMILES string of the molecule is CCC(C)CCCCCCCCCCC(=O)O[C@H](COC(=O)CCCCCCCCC(C)CC)COP(=O)(O)OC[C@H](O)COP(=O)(O)OC[C@@H](COC(=O)CCCCCCCCCCC(C)C)OC(=O)CCCCCCCCCCCCCC(C)C. The summed E-state index contributed by atoms with van der Waals surface area (Å²) in [6, 6.07) is 0. The molecule has 7 atom stereocenters. The van der Waals surface area contributed by atoms with Crippen molar-refractivity contribution in [1.82, 2.24) is 0 Å². The minimum Gasteiger partial charge on any atom is -0.462 e. The van der Waals surface area contributed by atoms with Crippen LogP contribution in [0.5, 0.6) is 0 Å². The molecule has 0 rings (SSSR count). The fourth-order valence-corrected chi connectivity index (χ4v) is 11.7. The molecule has 0 aromatic carbocycles. The molecule has 0 radical (unpaired) electrons. The van der Waals surface area contributed by atoms with E-state index in [1.54, 1.807) is 0 Å². The molecule has 516 valence electrons. The molecule has 0 aliphatic carbocycles. The van der Waals surface area contributed by atoms with Gasteiger partial charge in [0, 0.05) is 25.7 Å². The van der Waals surface area contributed by atoms with Crippen LogP contribution in [0.25, 0.3) is 0 Å². The van der Waals surface area contributed by atoms with E-state index >= 15 is 0 Å². The molecule has 87 heavy (non-hydrogen) atoms. The molecule has 0 fully saturated rings. The lowest BCUT2D eigenvalue weighted by molar-refractivity contribution is -0.161. The number of unbranched alkanes of at least 4 members (excludes halogenated alkanes) is 29. The van der Waals surface area contributed by atoms with Gasteiger partial charge in [0.1, 0.15) is 19.3 Å². The molecule has 0 bridgehead atoms. The van der Waals surface area contributed by atoms with Crippen LogP contribution >= 0.6 is 15.6 Å². The molecule has 0 spiro atoms. The molecule has 3 N–H and O–H groups in total. The van der Waals surface area contributed by atoms with E-state index in [1.165, 1.54) is 128 Å². The van der Waals surface area contributed by atoms with E-state index in [9.17, 15) is 43.2 Å². The summed E-state index contributed by atoms with van der Waals surface area (Å²) in [6.45, 7) is 14.1. The van der Waals surface area contributed by atoms with Gasteiger partial charge in [-0.2, -0.15) is 0 Å². The average molecular weight is 1280 g/mol. The number of esters is 4. The van der Waals surface area contributed by atoms with Gasteiger partial charge in [0.25, 0.3) is 0 Å². The molecule has 0 aliphatic heterocycles. The zero-order valence-corrected chi connectivity index (χ0v) is 58.4. The number of hydrogen-bond acceptors (Lipinski definition) is 15. The first kappa shape index (κ1) is 85.1. The molecule has 0 heterocycles. The Morgan fingerprint density at radius 2 is 0.552 bits per heavy atom. The van der Waals surface area contributed by atoms with Gasteiger partial charge in [0.15, 0.2) is 12.2 Å². The number of phosphoric acid groups is 2. The smallest absolute Gasteiger partial charge is 0.462 e. The number of carbonyl (C=O) groups excluding carboxylic acids is 4. The lowest BCUT2D eigenvalue weighted by Gasteiger charge is -2.21. The monoisotopic (exact) mass is 1280 g/mol. The number of rotatable bonds is 65. The second kappa shape index (κ2) is 57.9. The number of carbonyl (C=O) groups is 4. The highest BCUT2D eigenvalue weighted by atomic mass is 31.2. The van der Waals surface area contributed by atoms with Gasteiger partial charge in [0.05, 0.1) is 26.4 Å². The summed E-state index contributed by atoms with van der Waals surface area (Å²) in [5.74, 6) is 0.857. The largest absolute Gasteiger partial charge is 0.472 e. The van der Waals surface area contributed by atoms with Crippen LogP contribution in [0.15, 0.2) is 0 Å². The van der Waals surface area contributed by atoms with Crippen LogP contribution in [0.1, 0.15) is 331 Å². The molecular weight excluding hydrogens is 1150 g/mol. The zero-order valence-electron chi connectivity index (χ0n) is 56.6. The summed E-state index contributed by atoms with van der Waals surface area (Å²) >= 11 is 0. The minimum atomic E-state index is -4.95. The predicted octanol–water partition coefficient (Wildman–Crippen LogP) is 18.9. The summed E-state index contributed by atoms with van der Waals surface area (Å²) in [4.78, 5) is 72.4. The quantitative estimate of drug-likeness (QED) is 0.0222. The highest BCUT2D eigenvalue weighted by Crippen LogP contribution is 2.45. The molecule has 0 saturated carbocycles. The van der Waals surface area contributed by atoms with E-state index in [4.69, 9.17) is 37.0 Å². The Morgan fingerprint density at radius 3 is 0.816 bits per heavy atom. The third kappa shape index (κ3) is 60.1. The summed E-state index contributed by atoms with van der Waals surface area (Å²) < 4.78 is 68.2. The van der Waals surface area contributed by atoms with Crippen molar-refractivity contribution in [3.8, 4) is 0 Å². The van der Waals surface area contributed by atoms with Crippen molar-refractivity contribution in [1.29, 1.82) is 0 Å². The Morgan fingerprint density at radius 1 is 0.322 bits per heavy atom. The van der Waals surface area contributed by atoms with Crippen molar-refractivity contribution in [2.75, 3.05) is 39.6 Å². The highest BCUT2D eigenvalue weighted by Gasteiger charge is 2.30. The fraction of sp³-hybridized carbons (Fsp3) is 0.941. The molecule has 4 unspecified atom stereocenters. The summed E-state index contributed by atoms with van der Waals surface area (Å²) in [5.41, 5.74) is 0. The van der Waals surface area contributed by atoms with Gasteiger partial charge in [-0.05, 0) is 49.4 Å². The third-order valence-electron chi connectivity index (χ3n) is 16.3. The van der Waals surface area contributed by atoms with Gasteiger partial charge in [-0.1, -0.05) is 280 Å². The number of aliphatic hydroxyl groups excluding tert-OH is 1. The van der Waals surface area contributed by atoms with Gasteiger partial charge >= 0.3 is 39.5 Å². The minimum absolute atomic E-state index is 0.103. The van der Waals surface area contributed by atoms with E-state index in [1.807, 2.05) is 0 Å². The lowest BCUT2D eigenvalue weighted by Crippen LogP contribution is -2.30. The standard InChI is InChI=1S/C68H132O17P2/c1-9-60(7)46-38-30-22-17-19-25-35-43-51-68(73)85-64(55-79-66(71)49-41-33-27-26-31-39-47-61(8)10-2)57-83-87(76,77)81-53-62(69)52-80-86(74,75)82-56-63(54-78-65(70)48-40-32-23-18-16-21-29-37-45-59(5)6)84-67(72)50-42-34-24-15-13-11-12-14-20-28-36-44-58(3)4/h58-64,69H,9-57H2,1-8H3,(H,74,75)(H,76,77)/t60?,61?,62-,63-,64-/m1/s1. The molecule has 19 heteroatoms. The van der Waals surface area contributed by atoms with Crippen LogP contribution in [-0.4, -0.2) is 96.7 Å². The maximum atomic E-state index is 13.0. The van der Waals surface area contributed by atoms with Gasteiger partial charge < -0.3 is 33.8 Å². The number of ether oxygens (including phenoxy) is 4. The summed E-state index contributed by atoms with van der Waals surface area (Å²) in [6.07, 6.45) is 38.9. The van der Waals surface area contributed by atoms with Crippen LogP contribution in [0.4, 0.5) is 0 Å². The van der Waals surface area contributed by atoms with Crippen molar-refractivity contribution < 1.29 is 80.2 Å². The summed E-state index contributed by atoms with van der Waals surface area (Å²) in [5, 5.41) is 10.6. The van der Waals surface area contributed by atoms with Crippen molar-refractivity contribution in [3.05, 3.63) is 0 Å². The molecule has 17 nitrogen and oxygen atoms in total. The Labute approximate surface area is 530 Å². The van der Waals surface area contributed by atoms with Crippen molar-refractivity contribution in [2.45, 2.75) is 350 Å². The Bertz CT molecular complexity index is 1730. The van der Waals surface area contributed by atoms with E-state index < -0.39 is 97.5 Å². The maximum Gasteiger partial charge on any atom is 0.472 e. The fourth-order valence-electron chi connectivity index (χ4n) is 10.1. The molecule has 0 amide bonds. The van der Waals surface area contributed by atoms with Crippen LogP contribution in [0.3, 0.4) is 0 Å². The average Bonchev–Trinajstić information content (AvgIpc) is 3.51. The number of aliphatic hydroxyl groups is 1. The Hall–Kier alpha value is -1.94. The molecule has 0 aromatic rings. The van der Waals surface area contributed by atoms with E-state index in [0.29, 0.717) is 25.7 Å². The predicted molar refractivity (Wildman–Crippen MR) is 349 cm³/mol. The second-order valence-electron chi connectivity index (χ2n) is 26.0. The Balaban J connectivity index is 5.27. The van der Waals surface area contributed by atoms with E-state index in [0.717, 1.165) is 120 Å². The second-order valence-corrected chi connectivity index (χ2v) is 28.9. The maximum absolute atomic E-state index is 13.0. The number of phosphoric ester groups is 2. The molecule has 0 aliphatic rings. The molecule has 0 aromatic heterocycles. The van der Waals surface area contributed by atoms with Gasteiger partial charge in [-0.15, -0.1) is 0 Å². The first-order valence-electron chi connectivity index (χ1n) is 35.3. The number of hydrogen-bond donors (Lipinski definition) is 3. The normalized spacial score (nSPS) is 15.0. The van der Waals surface area contributed by atoms with Crippen LogP contribution < -0.4 is 0 Å². The molecule has 0 saturated heterocycles. The van der Waals surface area contributed by atoms with E-state index in [-0.39, 0.29) is 25.7 Å². The van der Waals surface area contributed by atoms with Crippen molar-refractivity contribution in [3.63, 3.8) is 0 Å². The van der Waals surface area contributed by atoms with Gasteiger partial charge in [-0.25, -0.2) is 9.13 Å². The third-order valence-corrected chi connectivity index (χ3v) is 18.2. The van der Waals surface area contributed by atoms with Crippen molar-refractivity contribution in [2.24, 2.45) is 23.7 Å². The highest BCUT2D eigenvalue weighted by molar-refractivity contribution is 7.47. The Kier molecular flexibility index (Phi) is 56.6. The van der Waals surface area contributed by atoms with Crippen LogP contribution in [-0.2, 0) is 65.4 Å².